The third kappa shape index (κ3) is 4.39. The number of urea groups is 1. The molecule has 2 amide bonds. The van der Waals surface area contributed by atoms with E-state index >= 15 is 0 Å². The Morgan fingerprint density at radius 1 is 1.15 bits per heavy atom. The van der Waals surface area contributed by atoms with Gasteiger partial charge in [0.25, 0.3) is 0 Å². The number of benzene rings is 1. The molecule has 0 radical (unpaired) electrons. The number of rotatable bonds is 4. The van der Waals surface area contributed by atoms with Gasteiger partial charge >= 0.3 is 12.2 Å². The lowest BCUT2D eigenvalue weighted by Gasteiger charge is -2.26. The van der Waals surface area contributed by atoms with E-state index < -0.39 is 36.5 Å². The smallest absolute Gasteiger partial charge is 0.394 e. The van der Waals surface area contributed by atoms with Gasteiger partial charge in [-0.25, -0.2) is 4.79 Å². The number of nitrogens with one attached hydrogen (secondary N) is 2. The van der Waals surface area contributed by atoms with Gasteiger partial charge in [-0.2, -0.15) is 13.2 Å². The monoisotopic (exact) mass is 292 g/mol. The van der Waals surface area contributed by atoms with Crippen LogP contribution in [0.3, 0.4) is 0 Å². The van der Waals surface area contributed by atoms with E-state index in [4.69, 9.17) is 10.2 Å². The minimum absolute atomic E-state index is 0.161. The Labute approximate surface area is 113 Å². The van der Waals surface area contributed by atoms with E-state index in [0.717, 1.165) is 24.3 Å². The van der Waals surface area contributed by atoms with Crippen molar-refractivity contribution in [2.75, 3.05) is 18.5 Å². The molecule has 0 aliphatic heterocycles. The van der Waals surface area contributed by atoms with Crippen molar-refractivity contribution in [3.63, 3.8) is 0 Å². The van der Waals surface area contributed by atoms with Crippen molar-refractivity contribution >= 4 is 11.7 Å². The number of hydrogen-bond donors (Lipinski definition) is 4. The van der Waals surface area contributed by atoms with Crippen molar-refractivity contribution in [2.24, 2.45) is 0 Å². The van der Waals surface area contributed by atoms with Crippen LogP contribution in [0.2, 0.25) is 0 Å². The molecule has 0 heterocycles. The average molecular weight is 292 g/mol. The Bertz CT molecular complexity index is 456. The van der Waals surface area contributed by atoms with Crippen molar-refractivity contribution in [1.82, 2.24) is 5.32 Å². The Balaban J connectivity index is 2.68. The highest BCUT2D eigenvalue weighted by atomic mass is 19.4. The summed E-state index contributed by atoms with van der Waals surface area (Å²) in [5.41, 5.74) is -1.87. The molecule has 0 saturated carbocycles. The Hall–Kier alpha value is -1.80. The van der Waals surface area contributed by atoms with Crippen molar-refractivity contribution < 1.29 is 28.2 Å². The lowest BCUT2D eigenvalue weighted by molar-refractivity contribution is -0.137. The predicted molar refractivity (Wildman–Crippen MR) is 66.2 cm³/mol. The van der Waals surface area contributed by atoms with Gasteiger partial charge in [-0.05, 0) is 31.2 Å². The van der Waals surface area contributed by atoms with Gasteiger partial charge in [-0.3, -0.25) is 0 Å². The normalized spacial score (nSPS) is 12.1. The number of aliphatic hydroxyl groups is 2. The molecule has 1 aromatic carbocycles. The molecule has 5 nitrogen and oxygen atoms in total. The molecule has 1 rings (SSSR count). The van der Waals surface area contributed by atoms with Gasteiger partial charge in [0.2, 0.25) is 0 Å². The number of carbonyl (C=O) groups excluding carboxylic acids is 1. The number of anilines is 1. The van der Waals surface area contributed by atoms with Crippen LogP contribution >= 0.6 is 0 Å². The highest BCUT2D eigenvalue weighted by Gasteiger charge is 2.30. The molecule has 0 unspecified atom stereocenters. The molecular formula is C12H15F3N2O3. The maximum atomic E-state index is 12.3. The lowest BCUT2D eigenvalue weighted by Crippen LogP contribution is -2.53. The summed E-state index contributed by atoms with van der Waals surface area (Å²) in [6, 6.07) is 3.16. The average Bonchev–Trinajstić information content (AvgIpc) is 2.38. The molecule has 0 aliphatic carbocycles. The van der Waals surface area contributed by atoms with Crippen LogP contribution in [0.1, 0.15) is 12.5 Å². The number of amides is 2. The van der Waals surface area contributed by atoms with E-state index in [-0.39, 0.29) is 5.69 Å². The van der Waals surface area contributed by atoms with Gasteiger partial charge < -0.3 is 20.8 Å². The Kier molecular flexibility index (Phi) is 4.96. The molecule has 4 N–H and O–H groups in total. The van der Waals surface area contributed by atoms with Crippen molar-refractivity contribution in [3.8, 4) is 0 Å². The SMILES string of the molecule is CC(CO)(CO)NC(=O)Nc1ccc(C(F)(F)F)cc1. The van der Waals surface area contributed by atoms with Gasteiger partial charge in [0.1, 0.15) is 0 Å². The number of aliphatic hydroxyl groups excluding tert-OH is 2. The van der Waals surface area contributed by atoms with Gasteiger partial charge in [0, 0.05) is 5.69 Å². The summed E-state index contributed by atoms with van der Waals surface area (Å²) in [7, 11) is 0. The first kappa shape index (κ1) is 16.3. The second kappa shape index (κ2) is 6.10. The third-order valence-electron chi connectivity index (χ3n) is 2.58. The van der Waals surface area contributed by atoms with Gasteiger partial charge in [0.05, 0.1) is 24.3 Å². The fourth-order valence-corrected chi connectivity index (χ4v) is 1.31. The lowest BCUT2D eigenvalue weighted by atomic mass is 10.1. The largest absolute Gasteiger partial charge is 0.416 e. The molecule has 0 aliphatic rings. The third-order valence-corrected chi connectivity index (χ3v) is 2.58. The predicted octanol–water partition coefficient (Wildman–Crippen LogP) is 1.57. The van der Waals surface area contributed by atoms with E-state index in [1.54, 1.807) is 0 Å². The maximum absolute atomic E-state index is 12.3. The highest BCUT2D eigenvalue weighted by molar-refractivity contribution is 5.89. The standard InChI is InChI=1S/C12H15F3N2O3/c1-11(6-18,7-19)17-10(20)16-9-4-2-8(3-5-9)12(13,14)15/h2-5,18-19H,6-7H2,1H3,(H2,16,17,20). The topological polar surface area (TPSA) is 81.6 Å². The molecule has 1 aromatic rings. The minimum Gasteiger partial charge on any atom is -0.394 e. The zero-order valence-electron chi connectivity index (χ0n) is 10.7. The van der Waals surface area contributed by atoms with Crippen LogP contribution in [0.25, 0.3) is 0 Å². The molecule has 112 valence electrons. The second-order valence-electron chi connectivity index (χ2n) is 4.53. The quantitative estimate of drug-likeness (QED) is 0.680. The molecule has 0 aromatic heterocycles. The van der Waals surface area contributed by atoms with Crippen molar-refractivity contribution in [1.29, 1.82) is 0 Å². The summed E-state index contributed by atoms with van der Waals surface area (Å²) in [5.74, 6) is 0. The van der Waals surface area contributed by atoms with Crippen LogP contribution in [0.15, 0.2) is 24.3 Å². The molecular weight excluding hydrogens is 277 g/mol. The van der Waals surface area contributed by atoms with Crippen LogP contribution in [0.5, 0.6) is 0 Å². The molecule has 20 heavy (non-hydrogen) atoms. The number of carbonyl (C=O) groups is 1. The fraction of sp³-hybridized carbons (Fsp3) is 0.417. The Morgan fingerprint density at radius 2 is 1.65 bits per heavy atom. The molecule has 0 fully saturated rings. The summed E-state index contributed by atoms with van der Waals surface area (Å²) in [6.07, 6.45) is -4.44. The van der Waals surface area contributed by atoms with E-state index in [1.165, 1.54) is 6.92 Å². The molecule has 0 bridgehead atoms. The van der Waals surface area contributed by atoms with Crippen LogP contribution < -0.4 is 10.6 Å². The van der Waals surface area contributed by atoms with Crippen LogP contribution in [-0.2, 0) is 6.18 Å². The summed E-state index contributed by atoms with van der Waals surface area (Å²) >= 11 is 0. The zero-order chi connectivity index (χ0) is 15.4. The van der Waals surface area contributed by atoms with Crippen LogP contribution in [-0.4, -0.2) is 35.0 Å². The minimum atomic E-state index is -4.44. The number of alkyl halides is 3. The van der Waals surface area contributed by atoms with Gasteiger partial charge in [-0.15, -0.1) is 0 Å². The van der Waals surface area contributed by atoms with E-state index in [9.17, 15) is 18.0 Å². The number of hydrogen-bond acceptors (Lipinski definition) is 3. The van der Waals surface area contributed by atoms with Crippen LogP contribution in [0, 0.1) is 0 Å². The van der Waals surface area contributed by atoms with E-state index in [2.05, 4.69) is 10.6 Å². The summed E-state index contributed by atoms with van der Waals surface area (Å²) in [4.78, 5) is 11.6. The van der Waals surface area contributed by atoms with Crippen molar-refractivity contribution in [2.45, 2.75) is 18.6 Å². The first-order valence-electron chi connectivity index (χ1n) is 5.68. The highest BCUT2D eigenvalue weighted by Crippen LogP contribution is 2.29. The fourth-order valence-electron chi connectivity index (χ4n) is 1.31. The molecule has 0 atom stereocenters. The summed E-state index contributed by atoms with van der Waals surface area (Å²) in [6.45, 7) is 0.452. The van der Waals surface area contributed by atoms with E-state index in [0.29, 0.717) is 0 Å². The summed E-state index contributed by atoms with van der Waals surface area (Å²) < 4.78 is 37.0. The summed E-state index contributed by atoms with van der Waals surface area (Å²) in [5, 5.41) is 22.6. The van der Waals surface area contributed by atoms with E-state index in [1.807, 2.05) is 0 Å². The van der Waals surface area contributed by atoms with Crippen LogP contribution in [0.4, 0.5) is 23.7 Å². The maximum Gasteiger partial charge on any atom is 0.416 e. The Morgan fingerprint density at radius 3 is 2.05 bits per heavy atom. The first-order valence-corrected chi connectivity index (χ1v) is 5.68. The molecule has 8 heteroatoms. The number of halogens is 3. The second-order valence-corrected chi connectivity index (χ2v) is 4.53. The van der Waals surface area contributed by atoms with Gasteiger partial charge in [0.15, 0.2) is 0 Å². The molecule has 0 saturated heterocycles. The van der Waals surface area contributed by atoms with Crippen molar-refractivity contribution in [3.05, 3.63) is 29.8 Å². The first-order chi connectivity index (χ1) is 9.20. The molecule has 0 spiro atoms. The zero-order valence-corrected chi connectivity index (χ0v) is 10.7. The van der Waals surface area contributed by atoms with Gasteiger partial charge in [-0.1, -0.05) is 0 Å².